The van der Waals surface area contributed by atoms with E-state index < -0.39 is 11.8 Å². The second kappa shape index (κ2) is 11.1. The van der Waals surface area contributed by atoms with Crippen LogP contribution in [-0.2, 0) is 12.0 Å². The highest BCUT2D eigenvalue weighted by Gasteiger charge is 2.31. The van der Waals surface area contributed by atoms with E-state index >= 15 is 0 Å². The van der Waals surface area contributed by atoms with Crippen LogP contribution in [0, 0.1) is 5.82 Å². The van der Waals surface area contributed by atoms with E-state index in [2.05, 4.69) is 41.1 Å². The predicted octanol–water partition coefficient (Wildman–Crippen LogP) is 3.37. The van der Waals surface area contributed by atoms with Gasteiger partial charge in [0.25, 0.3) is 0 Å². The van der Waals surface area contributed by atoms with E-state index in [1.807, 2.05) is 20.8 Å². The van der Waals surface area contributed by atoms with Crippen molar-refractivity contribution >= 4 is 46.7 Å². The molecular formula is C27H34FN11O2. The number of amides is 4. The zero-order valence-corrected chi connectivity index (χ0v) is 23.7. The van der Waals surface area contributed by atoms with Gasteiger partial charge in [0.2, 0.25) is 5.95 Å². The highest BCUT2D eigenvalue weighted by atomic mass is 19.1. The average molecular weight is 564 g/mol. The van der Waals surface area contributed by atoms with E-state index in [-0.39, 0.29) is 23.7 Å². The van der Waals surface area contributed by atoms with Gasteiger partial charge >= 0.3 is 12.1 Å². The smallest absolute Gasteiger partial charge is 0.330 e. The summed E-state index contributed by atoms with van der Waals surface area (Å²) < 4.78 is 14.9. The fraction of sp³-hybridized carbons (Fsp3) is 0.407. The molecule has 1 saturated heterocycles. The third kappa shape index (κ3) is 5.82. The number of urea groups is 2. The molecule has 0 aliphatic carbocycles. The monoisotopic (exact) mass is 563 g/mol. The Morgan fingerprint density at radius 3 is 2.46 bits per heavy atom. The molecule has 1 fully saturated rings. The van der Waals surface area contributed by atoms with Crippen molar-refractivity contribution in [1.82, 2.24) is 25.3 Å². The first-order chi connectivity index (χ1) is 19.5. The van der Waals surface area contributed by atoms with Crippen LogP contribution < -0.4 is 36.0 Å². The molecule has 2 aromatic heterocycles. The molecule has 0 radical (unpaired) electrons. The number of rotatable bonds is 5. The Kier molecular flexibility index (Phi) is 7.58. The van der Waals surface area contributed by atoms with Crippen LogP contribution >= 0.6 is 0 Å². The number of nitrogens with one attached hydrogen (secondary N) is 4. The standard InChI is InChI=1S/C27H34FN11O2/c1-27(2,3)23-31-14-20(22(35-23)38-10-8-30-9-11-38)34-25(40)33-19-12-17(6-7-18(19)28)39-15-16-13-32-24(29-4)36-21(16)37(5)26(39)41/h6-7,12-14,30H,8-11,15H2,1-5H3,(H,29,32,36)(H2,33,34,40). The van der Waals surface area contributed by atoms with Crippen LogP contribution in [-0.4, -0.2) is 72.3 Å². The molecule has 0 bridgehead atoms. The number of carbonyl (C=O) groups is 2. The number of piperazine rings is 1. The molecule has 0 spiro atoms. The predicted molar refractivity (Wildman–Crippen MR) is 156 cm³/mol. The normalized spacial score (nSPS) is 15.5. The van der Waals surface area contributed by atoms with Gasteiger partial charge in [-0.05, 0) is 18.2 Å². The third-order valence-electron chi connectivity index (χ3n) is 6.84. The Hall–Kier alpha value is -4.59. The summed E-state index contributed by atoms with van der Waals surface area (Å²) in [6.07, 6.45) is 3.22. The van der Waals surface area contributed by atoms with Crippen LogP contribution in [0.3, 0.4) is 0 Å². The van der Waals surface area contributed by atoms with Gasteiger partial charge in [0.1, 0.15) is 23.1 Å². The van der Waals surface area contributed by atoms with Crippen molar-refractivity contribution < 1.29 is 14.0 Å². The summed E-state index contributed by atoms with van der Waals surface area (Å²) in [7, 11) is 3.31. The van der Waals surface area contributed by atoms with Crippen molar-refractivity contribution in [2.45, 2.75) is 32.7 Å². The van der Waals surface area contributed by atoms with E-state index in [1.165, 1.54) is 28.0 Å². The topological polar surface area (TPSA) is 144 Å². The van der Waals surface area contributed by atoms with Crippen molar-refractivity contribution in [3.63, 3.8) is 0 Å². The van der Waals surface area contributed by atoms with Crippen molar-refractivity contribution in [2.75, 3.05) is 70.9 Å². The Morgan fingerprint density at radius 1 is 1.02 bits per heavy atom. The summed E-state index contributed by atoms with van der Waals surface area (Å²) in [6.45, 7) is 9.27. The summed E-state index contributed by atoms with van der Waals surface area (Å²) in [6, 6.07) is 3.11. The van der Waals surface area contributed by atoms with Gasteiger partial charge in [-0.3, -0.25) is 9.80 Å². The average Bonchev–Trinajstić information content (AvgIpc) is 2.96. The van der Waals surface area contributed by atoms with Crippen molar-refractivity contribution in [3.8, 4) is 0 Å². The number of anilines is 6. The van der Waals surface area contributed by atoms with Crippen LogP contribution in [0.5, 0.6) is 0 Å². The lowest BCUT2D eigenvalue weighted by atomic mass is 9.96. The molecule has 1 aromatic carbocycles. The van der Waals surface area contributed by atoms with Crippen molar-refractivity contribution in [1.29, 1.82) is 0 Å². The lowest BCUT2D eigenvalue weighted by molar-refractivity contribution is 0.251. The van der Waals surface area contributed by atoms with Gasteiger partial charge in [0.15, 0.2) is 5.82 Å². The summed E-state index contributed by atoms with van der Waals surface area (Å²) in [5, 5.41) is 11.5. The number of hydrogen-bond donors (Lipinski definition) is 4. The number of carbonyl (C=O) groups excluding carboxylic acids is 2. The number of fused-ring (bicyclic) bond motifs is 1. The fourth-order valence-corrected chi connectivity index (χ4v) is 4.62. The summed E-state index contributed by atoms with van der Waals surface area (Å²) >= 11 is 0. The molecule has 2 aliphatic rings. The van der Waals surface area contributed by atoms with Crippen LogP contribution in [0.2, 0.25) is 0 Å². The first-order valence-electron chi connectivity index (χ1n) is 13.3. The summed E-state index contributed by atoms with van der Waals surface area (Å²) in [4.78, 5) is 49.1. The van der Waals surface area contributed by atoms with Gasteiger partial charge < -0.3 is 26.2 Å². The van der Waals surface area contributed by atoms with Gasteiger partial charge in [0.05, 0.1) is 18.4 Å². The molecule has 13 nitrogen and oxygen atoms in total. The summed E-state index contributed by atoms with van der Waals surface area (Å²) in [5.41, 5.74) is 1.18. The number of aromatic nitrogens is 4. The van der Waals surface area contributed by atoms with Crippen LogP contribution in [0.15, 0.2) is 30.6 Å². The lowest BCUT2D eigenvalue weighted by Gasteiger charge is -2.34. The van der Waals surface area contributed by atoms with Crippen LogP contribution in [0.4, 0.5) is 48.6 Å². The Labute approximate surface area is 237 Å². The maximum absolute atomic E-state index is 14.9. The Balaban J connectivity index is 1.37. The highest BCUT2D eigenvalue weighted by molar-refractivity contribution is 6.06. The van der Waals surface area contributed by atoms with E-state index in [4.69, 9.17) is 4.98 Å². The molecule has 0 saturated carbocycles. The largest absolute Gasteiger partial charge is 0.357 e. The van der Waals surface area contributed by atoms with Gasteiger partial charge in [0, 0.05) is 63.1 Å². The molecular weight excluding hydrogens is 529 g/mol. The molecule has 5 rings (SSSR count). The number of benzene rings is 1. The molecule has 4 heterocycles. The van der Waals surface area contributed by atoms with Crippen molar-refractivity contribution in [2.24, 2.45) is 0 Å². The minimum Gasteiger partial charge on any atom is -0.357 e. The molecule has 3 aromatic rings. The van der Waals surface area contributed by atoms with Gasteiger partial charge in [-0.15, -0.1) is 0 Å². The SMILES string of the molecule is CNc1ncc2c(n1)N(C)C(=O)N(c1ccc(F)c(NC(=O)Nc3cnc(C(C)(C)C)nc3N3CCNCC3)c1)C2. The number of halogens is 1. The molecule has 4 N–H and O–H groups in total. The first kappa shape index (κ1) is 28.0. The molecule has 2 aliphatic heterocycles. The Morgan fingerprint density at radius 2 is 1.76 bits per heavy atom. The quantitative estimate of drug-likeness (QED) is 0.367. The molecule has 0 atom stereocenters. The van der Waals surface area contributed by atoms with E-state index in [0.717, 1.165) is 31.7 Å². The molecule has 0 unspecified atom stereocenters. The molecule has 216 valence electrons. The number of hydrogen-bond acceptors (Lipinski definition) is 9. The minimum atomic E-state index is -0.662. The van der Waals surface area contributed by atoms with Gasteiger partial charge in [-0.25, -0.2) is 28.9 Å². The van der Waals surface area contributed by atoms with Gasteiger partial charge in [-0.1, -0.05) is 20.8 Å². The maximum atomic E-state index is 14.9. The van der Waals surface area contributed by atoms with Crippen molar-refractivity contribution in [3.05, 3.63) is 47.8 Å². The third-order valence-corrected chi connectivity index (χ3v) is 6.84. The van der Waals surface area contributed by atoms with E-state index in [9.17, 15) is 14.0 Å². The molecule has 4 amide bonds. The fourth-order valence-electron chi connectivity index (χ4n) is 4.62. The van der Waals surface area contributed by atoms with Gasteiger partial charge in [-0.2, -0.15) is 4.98 Å². The summed E-state index contributed by atoms with van der Waals surface area (Å²) in [5.74, 6) is 1.51. The molecule has 14 heteroatoms. The van der Waals surface area contributed by atoms with Crippen LogP contribution in [0.1, 0.15) is 32.2 Å². The molecule has 41 heavy (non-hydrogen) atoms. The van der Waals surface area contributed by atoms with E-state index in [1.54, 1.807) is 26.5 Å². The highest BCUT2D eigenvalue weighted by Crippen LogP contribution is 2.32. The minimum absolute atomic E-state index is 0.0843. The maximum Gasteiger partial charge on any atom is 0.330 e. The second-order valence-corrected chi connectivity index (χ2v) is 10.9. The van der Waals surface area contributed by atoms with Crippen LogP contribution in [0.25, 0.3) is 0 Å². The first-order valence-corrected chi connectivity index (χ1v) is 13.3. The van der Waals surface area contributed by atoms with E-state index in [0.29, 0.717) is 34.8 Å². The zero-order valence-electron chi connectivity index (χ0n) is 23.7. The Bertz CT molecular complexity index is 1470. The number of nitrogens with zero attached hydrogens (tertiary/aromatic N) is 7. The second-order valence-electron chi connectivity index (χ2n) is 10.9. The lowest BCUT2D eigenvalue weighted by Crippen LogP contribution is -2.46. The zero-order chi connectivity index (χ0) is 29.3.